The average Bonchev–Trinajstić information content (AvgIpc) is 3.31. The third kappa shape index (κ3) is 2.78. The summed E-state index contributed by atoms with van der Waals surface area (Å²) >= 11 is 0. The number of ether oxygens (including phenoxy) is 2. The van der Waals surface area contributed by atoms with Crippen LogP contribution in [0.1, 0.15) is 5.56 Å². The van der Waals surface area contributed by atoms with Gasteiger partial charge in [-0.05, 0) is 42.3 Å². The molecule has 0 saturated carbocycles. The summed E-state index contributed by atoms with van der Waals surface area (Å²) in [5, 5.41) is 4.69. The van der Waals surface area contributed by atoms with Crippen LogP contribution in [0.4, 0.5) is 5.95 Å². The maximum absolute atomic E-state index is 12.8. The van der Waals surface area contributed by atoms with Gasteiger partial charge in [-0.1, -0.05) is 6.07 Å². The van der Waals surface area contributed by atoms with Crippen LogP contribution in [0.25, 0.3) is 16.6 Å². The number of benzene rings is 2. The first-order valence-electron chi connectivity index (χ1n) is 8.51. The lowest BCUT2D eigenvalue weighted by atomic mass is 10.1. The van der Waals surface area contributed by atoms with Crippen molar-refractivity contribution in [1.82, 2.24) is 19.6 Å². The third-order valence-electron chi connectivity index (χ3n) is 4.62. The second-order valence-electron chi connectivity index (χ2n) is 6.42. The molecule has 9 nitrogen and oxygen atoms in total. The molecule has 0 spiro atoms. The molecule has 5 rings (SSSR count). The first kappa shape index (κ1) is 16.8. The predicted octanol–water partition coefficient (Wildman–Crippen LogP) is 1.60. The first-order valence-corrected chi connectivity index (χ1v) is 10.2. The molecule has 4 aromatic rings. The number of sulfone groups is 1. The summed E-state index contributed by atoms with van der Waals surface area (Å²) in [7, 11) is -3.49. The van der Waals surface area contributed by atoms with Crippen molar-refractivity contribution in [2.24, 2.45) is 0 Å². The molecular weight excluding hydrogens is 382 g/mol. The summed E-state index contributed by atoms with van der Waals surface area (Å²) in [6.45, 7) is 0.187. The molecule has 1 aliphatic rings. The van der Waals surface area contributed by atoms with E-state index in [0.29, 0.717) is 34.5 Å². The molecule has 0 radical (unpaired) electrons. The van der Waals surface area contributed by atoms with Crippen molar-refractivity contribution in [1.29, 1.82) is 0 Å². The number of hydrogen-bond donors (Lipinski definition) is 1. The largest absolute Gasteiger partial charge is 0.454 e. The molecule has 0 amide bonds. The van der Waals surface area contributed by atoms with Crippen molar-refractivity contribution in [3.63, 3.8) is 0 Å². The second-order valence-corrected chi connectivity index (χ2v) is 8.53. The minimum Gasteiger partial charge on any atom is -0.454 e. The Labute approximate surface area is 159 Å². The van der Waals surface area contributed by atoms with Crippen LogP contribution >= 0.6 is 0 Å². The van der Waals surface area contributed by atoms with E-state index in [1.807, 2.05) is 12.1 Å². The van der Waals surface area contributed by atoms with Crippen LogP contribution < -0.4 is 15.2 Å². The zero-order valence-electron chi connectivity index (χ0n) is 14.6. The summed E-state index contributed by atoms with van der Waals surface area (Å²) in [5.41, 5.74) is 7.55. The Bertz CT molecular complexity index is 1330. The van der Waals surface area contributed by atoms with E-state index in [1.165, 1.54) is 10.8 Å². The van der Waals surface area contributed by atoms with Gasteiger partial charge < -0.3 is 15.2 Å². The summed E-state index contributed by atoms with van der Waals surface area (Å²) in [5.74, 6) is 1.42. The summed E-state index contributed by atoms with van der Waals surface area (Å²) in [4.78, 5) is 8.63. The van der Waals surface area contributed by atoms with Crippen LogP contribution in [0, 0.1) is 0 Å². The highest BCUT2D eigenvalue weighted by Crippen LogP contribution is 2.33. The number of nitrogen functional groups attached to an aromatic ring is 1. The van der Waals surface area contributed by atoms with Gasteiger partial charge in [-0.15, -0.1) is 5.10 Å². The highest BCUT2D eigenvalue weighted by Gasteiger charge is 2.18. The van der Waals surface area contributed by atoms with E-state index in [2.05, 4.69) is 15.1 Å². The number of nitrogens with zero attached hydrogens (tertiary/aromatic N) is 4. The molecule has 28 heavy (non-hydrogen) atoms. The van der Waals surface area contributed by atoms with Crippen LogP contribution in [-0.4, -0.2) is 40.5 Å². The maximum Gasteiger partial charge on any atom is 0.240 e. The SMILES string of the molecule is Nc1nc2c3ccc(S(=O)(=O)CCc4ccc5c(c4)OCO5)cc3ncn2n1. The van der Waals surface area contributed by atoms with Crippen molar-refractivity contribution in [2.75, 3.05) is 18.3 Å². The smallest absolute Gasteiger partial charge is 0.240 e. The number of rotatable bonds is 4. The van der Waals surface area contributed by atoms with E-state index in [-0.39, 0.29) is 23.4 Å². The highest BCUT2D eigenvalue weighted by molar-refractivity contribution is 7.91. The topological polar surface area (TPSA) is 122 Å². The molecule has 0 aliphatic carbocycles. The molecule has 0 saturated heterocycles. The Morgan fingerprint density at radius 2 is 1.96 bits per heavy atom. The fourth-order valence-electron chi connectivity index (χ4n) is 3.19. The molecule has 0 atom stereocenters. The summed E-state index contributed by atoms with van der Waals surface area (Å²) < 4.78 is 37.7. The van der Waals surface area contributed by atoms with Gasteiger partial charge in [0.05, 0.1) is 16.2 Å². The average molecular weight is 397 g/mol. The molecule has 0 bridgehead atoms. The number of anilines is 1. The molecule has 10 heteroatoms. The van der Waals surface area contributed by atoms with Crippen molar-refractivity contribution in [3.05, 3.63) is 48.3 Å². The van der Waals surface area contributed by atoms with Gasteiger partial charge in [-0.2, -0.15) is 9.50 Å². The van der Waals surface area contributed by atoms with Gasteiger partial charge >= 0.3 is 0 Å². The van der Waals surface area contributed by atoms with Crippen LogP contribution in [0.15, 0.2) is 47.6 Å². The van der Waals surface area contributed by atoms with Gasteiger partial charge in [0.1, 0.15) is 6.33 Å². The van der Waals surface area contributed by atoms with Gasteiger partial charge in [0.25, 0.3) is 0 Å². The van der Waals surface area contributed by atoms with E-state index < -0.39 is 9.84 Å². The van der Waals surface area contributed by atoms with Crippen molar-refractivity contribution < 1.29 is 17.9 Å². The Morgan fingerprint density at radius 1 is 1.11 bits per heavy atom. The molecular formula is C18H15N5O4S. The molecule has 142 valence electrons. The number of nitrogens with two attached hydrogens (primary N) is 1. The Kier molecular flexibility index (Phi) is 3.63. The van der Waals surface area contributed by atoms with Crippen molar-refractivity contribution in [2.45, 2.75) is 11.3 Å². The van der Waals surface area contributed by atoms with E-state index in [0.717, 1.165) is 5.56 Å². The van der Waals surface area contributed by atoms with Gasteiger partial charge in [0.2, 0.25) is 12.7 Å². The predicted molar refractivity (Wildman–Crippen MR) is 101 cm³/mol. The van der Waals surface area contributed by atoms with Gasteiger partial charge in [0.15, 0.2) is 27.0 Å². The Balaban J connectivity index is 1.43. The van der Waals surface area contributed by atoms with E-state index in [4.69, 9.17) is 15.2 Å². The first-order chi connectivity index (χ1) is 13.5. The fourth-order valence-corrected chi connectivity index (χ4v) is 4.49. The minimum absolute atomic E-state index is 0.0295. The lowest BCUT2D eigenvalue weighted by Crippen LogP contribution is -2.09. The summed E-state index contributed by atoms with van der Waals surface area (Å²) in [6, 6.07) is 10.2. The zero-order chi connectivity index (χ0) is 19.3. The van der Waals surface area contributed by atoms with Crippen LogP contribution in [0.3, 0.4) is 0 Å². The van der Waals surface area contributed by atoms with Crippen molar-refractivity contribution in [3.8, 4) is 11.5 Å². The monoisotopic (exact) mass is 397 g/mol. The Hall–Kier alpha value is -3.40. The number of aryl methyl sites for hydroxylation is 1. The number of hydrogen-bond acceptors (Lipinski definition) is 8. The van der Waals surface area contributed by atoms with Gasteiger partial charge in [-0.25, -0.2) is 13.4 Å². The molecule has 3 heterocycles. The Morgan fingerprint density at radius 3 is 2.86 bits per heavy atom. The van der Waals surface area contributed by atoms with Crippen LogP contribution in [0.5, 0.6) is 11.5 Å². The summed E-state index contributed by atoms with van der Waals surface area (Å²) in [6.07, 6.45) is 1.83. The molecule has 2 aromatic carbocycles. The van der Waals surface area contributed by atoms with Crippen molar-refractivity contribution >= 4 is 32.3 Å². The van der Waals surface area contributed by atoms with Gasteiger partial charge in [0, 0.05) is 5.39 Å². The van der Waals surface area contributed by atoms with E-state index in [1.54, 1.807) is 24.3 Å². The number of aromatic nitrogens is 4. The number of fused-ring (bicyclic) bond motifs is 4. The normalized spacial score (nSPS) is 13.4. The third-order valence-corrected chi connectivity index (χ3v) is 6.33. The lowest BCUT2D eigenvalue weighted by Gasteiger charge is -2.07. The van der Waals surface area contributed by atoms with E-state index >= 15 is 0 Å². The molecule has 2 N–H and O–H groups in total. The lowest BCUT2D eigenvalue weighted by molar-refractivity contribution is 0.174. The van der Waals surface area contributed by atoms with Crippen LogP contribution in [-0.2, 0) is 16.3 Å². The van der Waals surface area contributed by atoms with Crippen LogP contribution in [0.2, 0.25) is 0 Å². The van der Waals surface area contributed by atoms with Gasteiger partial charge in [-0.3, -0.25) is 0 Å². The molecule has 1 aliphatic heterocycles. The molecule has 0 unspecified atom stereocenters. The quantitative estimate of drug-likeness (QED) is 0.551. The molecule has 0 fully saturated rings. The van der Waals surface area contributed by atoms with E-state index in [9.17, 15) is 8.42 Å². The molecule has 2 aromatic heterocycles. The maximum atomic E-state index is 12.8. The highest BCUT2D eigenvalue weighted by atomic mass is 32.2. The standard InChI is InChI=1S/C18H15N5O4S/c19-18-21-17-13-3-2-12(8-14(13)20-9-23(17)22-18)28(24,25)6-5-11-1-4-15-16(7-11)27-10-26-15/h1-4,7-9H,5-6,10H2,(H2,19,22). The second kappa shape index (κ2) is 6.06. The fraction of sp³-hybridized carbons (Fsp3) is 0.167. The zero-order valence-corrected chi connectivity index (χ0v) is 15.4. The minimum atomic E-state index is -3.49.